The lowest BCUT2D eigenvalue weighted by molar-refractivity contribution is -0.150. The van der Waals surface area contributed by atoms with Gasteiger partial charge in [-0.05, 0) is 38.8 Å². The smallest absolute Gasteiger partial charge is 0.311 e. The fraction of sp³-hybridized carbons (Fsp3) is 0.412. The molecule has 0 radical (unpaired) electrons. The van der Waals surface area contributed by atoms with Gasteiger partial charge in [-0.25, -0.2) is 4.68 Å². The molecule has 7 nitrogen and oxygen atoms in total. The third kappa shape index (κ3) is 2.77. The van der Waals surface area contributed by atoms with Crippen molar-refractivity contribution in [3.05, 3.63) is 41.7 Å². The van der Waals surface area contributed by atoms with E-state index in [9.17, 15) is 14.7 Å². The van der Waals surface area contributed by atoms with Crippen molar-refractivity contribution in [1.82, 2.24) is 19.9 Å². The Morgan fingerprint density at radius 2 is 1.96 bits per heavy atom. The van der Waals surface area contributed by atoms with E-state index in [0.717, 1.165) is 5.69 Å². The van der Waals surface area contributed by atoms with Crippen LogP contribution in [-0.4, -0.2) is 50.0 Å². The molecule has 3 rings (SSSR count). The van der Waals surface area contributed by atoms with Crippen LogP contribution in [0.4, 0.5) is 0 Å². The number of nitrogens with zero attached hydrogens (tertiary/aromatic N) is 4. The van der Waals surface area contributed by atoms with Crippen molar-refractivity contribution >= 4 is 11.9 Å². The summed E-state index contributed by atoms with van der Waals surface area (Å²) in [6, 6.07) is 9.46. The highest BCUT2D eigenvalue weighted by Gasteiger charge is 2.40. The number of aliphatic carboxylic acids is 1. The molecule has 1 aromatic carbocycles. The Balaban J connectivity index is 1.86. The number of hydrogen-bond donors (Lipinski definition) is 1. The SMILES string of the molecule is Cc1c(C(=O)N2CCCC(C)(C(=O)O)C2)nnn1-c1ccccc1. The molecule has 2 heterocycles. The summed E-state index contributed by atoms with van der Waals surface area (Å²) in [5.41, 5.74) is 0.843. The number of amides is 1. The van der Waals surface area contributed by atoms with Crippen LogP contribution in [0.25, 0.3) is 5.69 Å². The minimum absolute atomic E-state index is 0.193. The highest BCUT2D eigenvalue weighted by atomic mass is 16.4. The molecule has 0 spiro atoms. The van der Waals surface area contributed by atoms with Crippen LogP contribution in [0.2, 0.25) is 0 Å². The van der Waals surface area contributed by atoms with Crippen molar-refractivity contribution in [2.24, 2.45) is 5.41 Å². The molecular weight excluding hydrogens is 308 g/mol. The van der Waals surface area contributed by atoms with Crippen LogP contribution in [0.1, 0.15) is 35.9 Å². The maximum atomic E-state index is 12.8. The normalized spacial score (nSPS) is 20.8. The predicted molar refractivity (Wildman–Crippen MR) is 87.0 cm³/mol. The molecule has 126 valence electrons. The van der Waals surface area contributed by atoms with E-state index in [1.165, 1.54) is 0 Å². The maximum absolute atomic E-state index is 12.8. The van der Waals surface area contributed by atoms with Gasteiger partial charge < -0.3 is 10.0 Å². The lowest BCUT2D eigenvalue weighted by Crippen LogP contribution is -2.48. The Morgan fingerprint density at radius 1 is 1.25 bits per heavy atom. The molecule has 1 amide bonds. The molecule has 7 heteroatoms. The van der Waals surface area contributed by atoms with Crippen molar-refractivity contribution in [2.75, 3.05) is 13.1 Å². The van der Waals surface area contributed by atoms with E-state index in [1.54, 1.807) is 23.4 Å². The molecule has 1 aliphatic rings. The van der Waals surface area contributed by atoms with Gasteiger partial charge in [0, 0.05) is 13.1 Å². The Labute approximate surface area is 139 Å². The topological polar surface area (TPSA) is 88.3 Å². The average Bonchev–Trinajstić information content (AvgIpc) is 2.96. The highest BCUT2D eigenvalue weighted by molar-refractivity contribution is 5.94. The van der Waals surface area contributed by atoms with E-state index in [1.807, 2.05) is 30.3 Å². The number of aromatic nitrogens is 3. The predicted octanol–water partition coefficient (Wildman–Crippen LogP) is 1.90. The van der Waals surface area contributed by atoms with Gasteiger partial charge in [0.2, 0.25) is 0 Å². The van der Waals surface area contributed by atoms with Gasteiger partial charge in [0.1, 0.15) is 0 Å². The lowest BCUT2D eigenvalue weighted by atomic mass is 9.82. The molecule has 0 aliphatic carbocycles. The molecular formula is C17H20N4O3. The molecule has 1 aliphatic heterocycles. The van der Waals surface area contributed by atoms with Crippen LogP contribution < -0.4 is 0 Å². The quantitative estimate of drug-likeness (QED) is 0.929. The summed E-state index contributed by atoms with van der Waals surface area (Å²) in [6.07, 6.45) is 1.24. The van der Waals surface area contributed by atoms with Gasteiger partial charge in [-0.2, -0.15) is 0 Å². The Bertz CT molecular complexity index is 771. The second kappa shape index (κ2) is 6.07. The van der Waals surface area contributed by atoms with E-state index < -0.39 is 11.4 Å². The number of para-hydroxylation sites is 1. The van der Waals surface area contributed by atoms with Crippen molar-refractivity contribution < 1.29 is 14.7 Å². The van der Waals surface area contributed by atoms with Crippen LogP contribution in [-0.2, 0) is 4.79 Å². The van der Waals surface area contributed by atoms with Crippen LogP contribution in [0.3, 0.4) is 0 Å². The molecule has 24 heavy (non-hydrogen) atoms. The van der Waals surface area contributed by atoms with Crippen LogP contribution >= 0.6 is 0 Å². The summed E-state index contributed by atoms with van der Waals surface area (Å²) in [4.78, 5) is 25.8. The van der Waals surface area contributed by atoms with Gasteiger partial charge in [-0.15, -0.1) is 5.10 Å². The second-order valence-electron chi connectivity index (χ2n) is 6.47. The van der Waals surface area contributed by atoms with Crippen molar-refractivity contribution in [3.8, 4) is 5.69 Å². The van der Waals surface area contributed by atoms with Gasteiger partial charge in [-0.1, -0.05) is 23.4 Å². The molecule has 1 atom stereocenters. The second-order valence-corrected chi connectivity index (χ2v) is 6.47. The number of hydrogen-bond acceptors (Lipinski definition) is 4. The van der Waals surface area contributed by atoms with Crippen molar-refractivity contribution in [3.63, 3.8) is 0 Å². The number of likely N-dealkylation sites (tertiary alicyclic amines) is 1. The summed E-state index contributed by atoms with van der Waals surface area (Å²) in [7, 11) is 0. The van der Waals surface area contributed by atoms with Crippen molar-refractivity contribution in [2.45, 2.75) is 26.7 Å². The minimum Gasteiger partial charge on any atom is -0.481 e. The number of carbonyl (C=O) groups excluding carboxylic acids is 1. The van der Waals surface area contributed by atoms with Gasteiger partial charge in [0.05, 0.1) is 16.8 Å². The molecule has 1 unspecified atom stereocenters. The van der Waals surface area contributed by atoms with Gasteiger partial charge in [-0.3, -0.25) is 9.59 Å². The summed E-state index contributed by atoms with van der Waals surface area (Å²) >= 11 is 0. The first-order valence-corrected chi connectivity index (χ1v) is 7.93. The van der Waals surface area contributed by atoms with E-state index in [2.05, 4.69) is 10.3 Å². The van der Waals surface area contributed by atoms with Crippen LogP contribution in [0.15, 0.2) is 30.3 Å². The molecule has 1 fully saturated rings. The zero-order valence-corrected chi connectivity index (χ0v) is 13.8. The third-order valence-corrected chi connectivity index (χ3v) is 4.60. The molecule has 1 aromatic heterocycles. The standard InChI is InChI=1S/C17H20N4O3/c1-12-14(18-19-21(12)13-7-4-3-5-8-13)15(22)20-10-6-9-17(2,11-20)16(23)24/h3-5,7-8H,6,9-11H2,1-2H3,(H,23,24). The summed E-state index contributed by atoms with van der Waals surface area (Å²) in [6.45, 7) is 4.21. The van der Waals surface area contributed by atoms with Crippen molar-refractivity contribution in [1.29, 1.82) is 0 Å². The van der Waals surface area contributed by atoms with E-state index in [0.29, 0.717) is 25.1 Å². The number of carbonyl (C=O) groups is 2. The first kappa shape index (κ1) is 16.2. The Kier molecular flexibility index (Phi) is 4.09. The fourth-order valence-corrected chi connectivity index (χ4v) is 3.08. The largest absolute Gasteiger partial charge is 0.481 e. The molecule has 2 aromatic rings. The number of rotatable bonds is 3. The lowest BCUT2D eigenvalue weighted by Gasteiger charge is -2.37. The van der Waals surface area contributed by atoms with Crippen LogP contribution in [0, 0.1) is 12.3 Å². The van der Waals surface area contributed by atoms with Gasteiger partial charge >= 0.3 is 5.97 Å². The first-order valence-electron chi connectivity index (χ1n) is 7.93. The van der Waals surface area contributed by atoms with Gasteiger partial charge in [0.15, 0.2) is 5.69 Å². The summed E-state index contributed by atoms with van der Waals surface area (Å²) in [5.74, 6) is -1.13. The molecule has 1 saturated heterocycles. The molecule has 1 N–H and O–H groups in total. The van der Waals surface area contributed by atoms with Gasteiger partial charge in [0.25, 0.3) is 5.91 Å². The number of carboxylic acid groups (broad SMARTS) is 1. The summed E-state index contributed by atoms with van der Waals surface area (Å²) < 4.78 is 1.62. The fourth-order valence-electron chi connectivity index (χ4n) is 3.08. The minimum atomic E-state index is -0.906. The number of benzene rings is 1. The first-order chi connectivity index (χ1) is 11.4. The monoisotopic (exact) mass is 328 g/mol. The Hall–Kier alpha value is -2.70. The van der Waals surface area contributed by atoms with E-state index in [-0.39, 0.29) is 18.1 Å². The zero-order valence-electron chi connectivity index (χ0n) is 13.8. The summed E-state index contributed by atoms with van der Waals surface area (Å²) in [5, 5.41) is 17.5. The zero-order chi connectivity index (χ0) is 17.3. The average molecular weight is 328 g/mol. The maximum Gasteiger partial charge on any atom is 0.311 e. The van der Waals surface area contributed by atoms with E-state index in [4.69, 9.17) is 0 Å². The highest BCUT2D eigenvalue weighted by Crippen LogP contribution is 2.30. The van der Waals surface area contributed by atoms with Crippen LogP contribution in [0.5, 0.6) is 0 Å². The number of carboxylic acids is 1. The Morgan fingerprint density at radius 3 is 2.62 bits per heavy atom. The van der Waals surface area contributed by atoms with E-state index >= 15 is 0 Å². The molecule has 0 bridgehead atoms. The third-order valence-electron chi connectivity index (χ3n) is 4.60. The number of piperidine rings is 1. The molecule has 0 saturated carbocycles.